The third kappa shape index (κ3) is 2.17. The summed E-state index contributed by atoms with van der Waals surface area (Å²) in [6, 6.07) is 14.0. The zero-order valence-corrected chi connectivity index (χ0v) is 13.6. The van der Waals surface area contributed by atoms with Crippen LogP contribution in [-0.2, 0) is 0 Å². The molecule has 1 N–H and O–H groups in total. The zero-order chi connectivity index (χ0) is 16.2. The number of amides is 2. The van der Waals surface area contributed by atoms with E-state index in [-0.39, 0.29) is 12.1 Å². The summed E-state index contributed by atoms with van der Waals surface area (Å²) in [6.45, 7) is 6.07. The predicted molar refractivity (Wildman–Crippen MR) is 89.8 cm³/mol. The van der Waals surface area contributed by atoms with Crippen LogP contribution in [0.3, 0.4) is 0 Å². The van der Waals surface area contributed by atoms with Gasteiger partial charge in [-0.1, -0.05) is 29.8 Å². The molecule has 2 bridgehead atoms. The molecule has 0 spiro atoms. The summed E-state index contributed by atoms with van der Waals surface area (Å²) < 4.78 is 6.29. The molecule has 2 atom stereocenters. The van der Waals surface area contributed by atoms with E-state index in [1.165, 1.54) is 5.56 Å². The molecule has 2 amide bonds. The second-order valence-electron chi connectivity index (χ2n) is 6.70. The van der Waals surface area contributed by atoms with Gasteiger partial charge in [-0.15, -0.1) is 0 Å². The Hall–Kier alpha value is -2.49. The minimum atomic E-state index is -0.678. The second-order valence-corrected chi connectivity index (χ2v) is 6.70. The number of hydrogen-bond donors (Lipinski definition) is 1. The Morgan fingerprint density at radius 1 is 1.17 bits per heavy atom. The van der Waals surface area contributed by atoms with Crippen molar-refractivity contribution in [3.05, 3.63) is 59.2 Å². The van der Waals surface area contributed by atoms with Crippen molar-refractivity contribution < 1.29 is 9.53 Å². The number of anilines is 1. The molecular formula is C19H20N2O2. The lowest BCUT2D eigenvalue weighted by molar-refractivity contribution is 0.0378. The van der Waals surface area contributed by atoms with E-state index in [2.05, 4.69) is 18.3 Å². The first-order valence-electron chi connectivity index (χ1n) is 7.93. The molecule has 2 aromatic rings. The number of hydrogen-bond acceptors (Lipinski definition) is 2. The molecule has 118 valence electrons. The normalized spacial score (nSPS) is 25.4. The van der Waals surface area contributed by atoms with Crippen molar-refractivity contribution in [3.8, 4) is 5.75 Å². The third-order valence-corrected chi connectivity index (χ3v) is 4.69. The van der Waals surface area contributed by atoms with Gasteiger partial charge in [-0.05, 0) is 44.5 Å². The van der Waals surface area contributed by atoms with Crippen LogP contribution in [0.25, 0.3) is 0 Å². The number of aryl methyl sites for hydroxylation is 2. The Morgan fingerprint density at radius 3 is 2.74 bits per heavy atom. The van der Waals surface area contributed by atoms with Gasteiger partial charge in [0, 0.05) is 17.7 Å². The largest absolute Gasteiger partial charge is 0.467 e. The molecule has 4 rings (SSSR count). The number of urea groups is 1. The lowest BCUT2D eigenvalue weighted by Crippen LogP contribution is -2.65. The third-order valence-electron chi connectivity index (χ3n) is 4.69. The fraction of sp³-hybridized carbons (Fsp3) is 0.316. The van der Waals surface area contributed by atoms with Gasteiger partial charge in [-0.2, -0.15) is 0 Å². The molecule has 2 aliphatic rings. The second kappa shape index (κ2) is 4.75. The Labute approximate surface area is 136 Å². The van der Waals surface area contributed by atoms with Gasteiger partial charge < -0.3 is 10.1 Å². The predicted octanol–water partition coefficient (Wildman–Crippen LogP) is 4.07. The number of ether oxygens (including phenoxy) is 1. The number of nitrogens with one attached hydrogen (secondary N) is 1. The molecular weight excluding hydrogens is 288 g/mol. The number of fused-ring (bicyclic) bond motifs is 4. The van der Waals surface area contributed by atoms with E-state index in [9.17, 15) is 4.79 Å². The Bertz CT molecular complexity index is 802. The van der Waals surface area contributed by atoms with E-state index < -0.39 is 5.72 Å². The molecule has 1 fully saturated rings. The highest BCUT2D eigenvalue weighted by atomic mass is 16.5. The molecule has 0 saturated carbocycles. The molecule has 2 aromatic carbocycles. The Balaban J connectivity index is 1.81. The molecule has 4 nitrogen and oxygen atoms in total. The van der Waals surface area contributed by atoms with Crippen molar-refractivity contribution in [2.45, 2.75) is 39.0 Å². The van der Waals surface area contributed by atoms with Crippen molar-refractivity contribution in [2.75, 3.05) is 4.90 Å². The molecule has 23 heavy (non-hydrogen) atoms. The van der Waals surface area contributed by atoms with Crippen molar-refractivity contribution >= 4 is 11.7 Å². The van der Waals surface area contributed by atoms with Crippen LogP contribution in [0.1, 0.15) is 36.1 Å². The SMILES string of the molecule is Cc1cccc(N2C(=O)N[C@@H]3C[C@]2(C)Oc2ccc(C)cc23)c1. The maximum atomic E-state index is 12.8. The van der Waals surface area contributed by atoms with Gasteiger partial charge in [-0.3, -0.25) is 4.90 Å². The minimum absolute atomic E-state index is 0.00258. The van der Waals surface area contributed by atoms with Gasteiger partial charge in [0.25, 0.3) is 0 Å². The van der Waals surface area contributed by atoms with Gasteiger partial charge in [0.05, 0.1) is 6.04 Å². The fourth-order valence-electron chi connectivity index (χ4n) is 3.65. The van der Waals surface area contributed by atoms with Crippen molar-refractivity contribution in [1.29, 1.82) is 0 Å². The highest BCUT2D eigenvalue weighted by molar-refractivity contribution is 5.95. The lowest BCUT2D eigenvalue weighted by atomic mass is 9.89. The summed E-state index contributed by atoms with van der Waals surface area (Å²) in [5, 5.41) is 3.13. The summed E-state index contributed by atoms with van der Waals surface area (Å²) in [5.41, 5.74) is 3.54. The number of carbonyl (C=O) groups excluding carboxylic acids is 1. The quantitative estimate of drug-likeness (QED) is 0.862. The minimum Gasteiger partial charge on any atom is -0.467 e. The van der Waals surface area contributed by atoms with Crippen LogP contribution in [0, 0.1) is 13.8 Å². The summed E-state index contributed by atoms with van der Waals surface area (Å²) in [7, 11) is 0. The van der Waals surface area contributed by atoms with E-state index >= 15 is 0 Å². The zero-order valence-electron chi connectivity index (χ0n) is 13.6. The highest BCUT2D eigenvalue weighted by Crippen LogP contribution is 2.45. The molecule has 0 aliphatic carbocycles. The molecule has 4 heteroatoms. The first-order chi connectivity index (χ1) is 11.0. The summed E-state index contributed by atoms with van der Waals surface area (Å²) in [5.74, 6) is 0.854. The van der Waals surface area contributed by atoms with Crippen molar-refractivity contribution in [3.63, 3.8) is 0 Å². The average molecular weight is 308 g/mol. The van der Waals surface area contributed by atoms with Gasteiger partial charge >= 0.3 is 6.03 Å². The summed E-state index contributed by atoms with van der Waals surface area (Å²) in [6.07, 6.45) is 0.725. The molecule has 0 aromatic heterocycles. The van der Waals surface area contributed by atoms with Crippen LogP contribution in [0.15, 0.2) is 42.5 Å². The van der Waals surface area contributed by atoms with Gasteiger partial charge in [0.2, 0.25) is 0 Å². The number of rotatable bonds is 1. The fourth-order valence-corrected chi connectivity index (χ4v) is 3.65. The molecule has 0 unspecified atom stereocenters. The maximum Gasteiger partial charge on any atom is 0.325 e. The first-order valence-corrected chi connectivity index (χ1v) is 7.93. The van der Waals surface area contributed by atoms with Gasteiger partial charge in [-0.25, -0.2) is 4.79 Å². The standard InChI is InChI=1S/C19H20N2O2/c1-12-5-4-6-14(9-12)21-18(22)20-16-11-19(21,3)23-17-8-7-13(2)10-15(16)17/h4-10,16H,11H2,1-3H3,(H,20,22)/t16-,19+/m1/s1. The van der Waals surface area contributed by atoms with E-state index in [1.807, 2.05) is 50.2 Å². The monoisotopic (exact) mass is 308 g/mol. The van der Waals surface area contributed by atoms with Crippen LogP contribution in [0.2, 0.25) is 0 Å². The summed E-state index contributed by atoms with van der Waals surface area (Å²) in [4.78, 5) is 14.5. The highest BCUT2D eigenvalue weighted by Gasteiger charge is 2.49. The van der Waals surface area contributed by atoms with Crippen LogP contribution in [-0.4, -0.2) is 11.8 Å². The smallest absolute Gasteiger partial charge is 0.325 e. The van der Waals surface area contributed by atoms with Crippen LogP contribution < -0.4 is 15.0 Å². The van der Waals surface area contributed by atoms with E-state index in [0.29, 0.717) is 0 Å². The Morgan fingerprint density at radius 2 is 1.96 bits per heavy atom. The maximum absolute atomic E-state index is 12.8. The number of benzene rings is 2. The van der Waals surface area contributed by atoms with Crippen LogP contribution in [0.5, 0.6) is 5.75 Å². The molecule has 0 radical (unpaired) electrons. The lowest BCUT2D eigenvalue weighted by Gasteiger charge is -2.50. The molecule has 2 heterocycles. The Kier molecular flexibility index (Phi) is 2.92. The molecule has 1 saturated heterocycles. The first kappa shape index (κ1) is 14.1. The van der Waals surface area contributed by atoms with E-state index in [1.54, 1.807) is 4.90 Å². The van der Waals surface area contributed by atoms with Gasteiger partial charge in [0.15, 0.2) is 5.72 Å². The van der Waals surface area contributed by atoms with Crippen LogP contribution >= 0.6 is 0 Å². The van der Waals surface area contributed by atoms with Crippen LogP contribution in [0.4, 0.5) is 10.5 Å². The van der Waals surface area contributed by atoms with E-state index in [4.69, 9.17) is 4.74 Å². The van der Waals surface area contributed by atoms with E-state index in [0.717, 1.165) is 29.0 Å². The number of carbonyl (C=O) groups is 1. The van der Waals surface area contributed by atoms with Crippen molar-refractivity contribution in [1.82, 2.24) is 5.32 Å². The molecule has 2 aliphatic heterocycles. The van der Waals surface area contributed by atoms with Crippen molar-refractivity contribution in [2.24, 2.45) is 0 Å². The number of nitrogens with zero attached hydrogens (tertiary/aromatic N) is 1. The average Bonchev–Trinajstić information content (AvgIpc) is 2.47. The van der Waals surface area contributed by atoms with Gasteiger partial charge in [0.1, 0.15) is 5.75 Å². The topological polar surface area (TPSA) is 41.6 Å². The summed E-state index contributed by atoms with van der Waals surface area (Å²) >= 11 is 0.